The van der Waals surface area contributed by atoms with Crippen molar-refractivity contribution in [2.75, 3.05) is 12.3 Å². The molecule has 8 heteroatoms. The van der Waals surface area contributed by atoms with Crippen LogP contribution < -0.4 is 10.6 Å². The van der Waals surface area contributed by atoms with E-state index >= 15 is 0 Å². The summed E-state index contributed by atoms with van der Waals surface area (Å²) in [5, 5.41) is 15.1. The fraction of sp³-hybridized carbons (Fsp3) is 0.280. The van der Waals surface area contributed by atoms with Crippen molar-refractivity contribution in [2.24, 2.45) is 0 Å². The monoisotopic (exact) mass is 463 g/mol. The number of hydrogen-bond donors (Lipinski definition) is 2. The molecule has 2 aromatic carbocycles. The van der Waals surface area contributed by atoms with Crippen LogP contribution in [0.5, 0.6) is 0 Å². The van der Waals surface area contributed by atoms with E-state index in [9.17, 15) is 9.59 Å². The van der Waals surface area contributed by atoms with Crippen molar-refractivity contribution in [1.29, 1.82) is 0 Å². The van der Waals surface area contributed by atoms with Crippen molar-refractivity contribution < 1.29 is 9.59 Å². The van der Waals surface area contributed by atoms with Crippen LogP contribution in [0.3, 0.4) is 0 Å². The second-order valence-corrected chi connectivity index (χ2v) is 8.57. The molecule has 2 amide bonds. The summed E-state index contributed by atoms with van der Waals surface area (Å²) in [6.07, 6.45) is 2.53. The molecule has 0 aliphatic heterocycles. The molecule has 3 rings (SSSR count). The second-order valence-electron chi connectivity index (χ2n) is 7.62. The Hall–Kier alpha value is -3.39. The van der Waals surface area contributed by atoms with E-state index in [1.165, 1.54) is 17.3 Å². The Labute approximate surface area is 198 Å². The molecule has 0 radical (unpaired) electrons. The molecule has 2 N–H and O–H groups in total. The summed E-state index contributed by atoms with van der Waals surface area (Å²) in [6.45, 7) is 8.63. The second kappa shape index (κ2) is 12.0. The van der Waals surface area contributed by atoms with Gasteiger partial charge >= 0.3 is 0 Å². The van der Waals surface area contributed by atoms with E-state index in [0.29, 0.717) is 29.6 Å². The summed E-state index contributed by atoms with van der Waals surface area (Å²) >= 11 is 1.31. The maximum Gasteiger partial charge on any atom is 0.252 e. The molecule has 0 aliphatic carbocycles. The summed E-state index contributed by atoms with van der Waals surface area (Å²) in [4.78, 5) is 25.0. The number of thioether (sulfide) groups is 1. The number of hydrogen-bond acceptors (Lipinski definition) is 5. The maximum atomic E-state index is 12.7. The lowest BCUT2D eigenvalue weighted by Gasteiger charge is -2.16. The zero-order valence-corrected chi connectivity index (χ0v) is 19.8. The lowest BCUT2D eigenvalue weighted by atomic mass is 10.1. The SMILES string of the molecule is C=CCn1c(SCC(=O)NCCc2ccccc2)nnc1C(C)NC(=O)c1ccccc1C. The summed E-state index contributed by atoms with van der Waals surface area (Å²) < 4.78 is 1.87. The predicted octanol–water partition coefficient (Wildman–Crippen LogP) is 3.71. The van der Waals surface area contributed by atoms with Crippen LogP contribution in [0.25, 0.3) is 0 Å². The number of rotatable bonds is 11. The van der Waals surface area contributed by atoms with Gasteiger partial charge in [0, 0.05) is 18.7 Å². The first kappa shape index (κ1) is 24.3. The van der Waals surface area contributed by atoms with E-state index in [-0.39, 0.29) is 23.6 Å². The average Bonchev–Trinajstić information content (AvgIpc) is 3.21. The molecule has 1 atom stereocenters. The first-order valence-electron chi connectivity index (χ1n) is 10.8. The summed E-state index contributed by atoms with van der Waals surface area (Å²) in [5.74, 6) is 0.615. The summed E-state index contributed by atoms with van der Waals surface area (Å²) in [6, 6.07) is 17.1. The van der Waals surface area contributed by atoms with Gasteiger partial charge in [0.1, 0.15) is 0 Å². The Morgan fingerprint density at radius 2 is 1.85 bits per heavy atom. The number of aryl methyl sites for hydroxylation is 1. The van der Waals surface area contributed by atoms with Gasteiger partial charge in [-0.25, -0.2) is 0 Å². The third kappa shape index (κ3) is 6.79. The van der Waals surface area contributed by atoms with Crippen LogP contribution in [-0.2, 0) is 17.8 Å². The molecule has 172 valence electrons. The topological polar surface area (TPSA) is 88.9 Å². The average molecular weight is 464 g/mol. The number of amides is 2. The quantitative estimate of drug-likeness (QED) is 0.334. The number of carbonyl (C=O) groups excluding carboxylic acids is 2. The van der Waals surface area contributed by atoms with Crippen LogP contribution in [0.2, 0.25) is 0 Å². The number of benzene rings is 2. The minimum absolute atomic E-state index is 0.0634. The van der Waals surface area contributed by atoms with E-state index in [1.807, 2.05) is 66.9 Å². The minimum atomic E-state index is -0.362. The Bertz CT molecular complexity index is 1100. The fourth-order valence-electron chi connectivity index (χ4n) is 3.37. The van der Waals surface area contributed by atoms with Gasteiger partial charge in [-0.15, -0.1) is 16.8 Å². The lowest BCUT2D eigenvalue weighted by molar-refractivity contribution is -0.118. The highest BCUT2D eigenvalue weighted by Crippen LogP contribution is 2.21. The Morgan fingerprint density at radius 3 is 2.58 bits per heavy atom. The van der Waals surface area contributed by atoms with Crippen molar-refractivity contribution in [3.63, 3.8) is 0 Å². The third-order valence-corrected chi connectivity index (χ3v) is 6.06. The molecule has 0 aliphatic rings. The van der Waals surface area contributed by atoms with Gasteiger partial charge in [-0.3, -0.25) is 9.59 Å². The molecule has 0 spiro atoms. The molecule has 0 bridgehead atoms. The number of allylic oxidation sites excluding steroid dienone is 1. The van der Waals surface area contributed by atoms with Crippen LogP contribution >= 0.6 is 11.8 Å². The Balaban J connectivity index is 1.58. The first-order chi connectivity index (χ1) is 16.0. The maximum absolute atomic E-state index is 12.7. The summed E-state index contributed by atoms with van der Waals surface area (Å²) in [5.41, 5.74) is 2.72. The molecule has 1 heterocycles. The molecule has 1 unspecified atom stereocenters. The van der Waals surface area contributed by atoms with Gasteiger partial charge in [0.05, 0.1) is 11.8 Å². The minimum Gasteiger partial charge on any atom is -0.355 e. The van der Waals surface area contributed by atoms with Gasteiger partial charge in [0.15, 0.2) is 11.0 Å². The molecular weight excluding hydrogens is 434 g/mol. The molecule has 0 saturated heterocycles. The van der Waals surface area contributed by atoms with Crippen LogP contribution in [0.1, 0.15) is 40.3 Å². The standard InChI is InChI=1S/C25H29N5O2S/c1-4-16-30-23(19(3)27-24(32)21-13-9-8-10-18(21)2)28-29-25(30)33-17-22(31)26-15-14-20-11-6-5-7-12-20/h4-13,19H,1,14-17H2,2-3H3,(H,26,31)(H,27,32). The lowest BCUT2D eigenvalue weighted by Crippen LogP contribution is -2.29. The normalized spacial score (nSPS) is 11.6. The summed E-state index contributed by atoms with van der Waals surface area (Å²) in [7, 11) is 0. The van der Waals surface area contributed by atoms with Gasteiger partial charge in [-0.2, -0.15) is 0 Å². The van der Waals surface area contributed by atoms with Crippen LogP contribution in [0.4, 0.5) is 0 Å². The van der Waals surface area contributed by atoms with Gasteiger partial charge in [-0.1, -0.05) is 66.4 Å². The Kier molecular flexibility index (Phi) is 8.83. The zero-order valence-electron chi connectivity index (χ0n) is 19.0. The van der Waals surface area contributed by atoms with E-state index < -0.39 is 0 Å². The Morgan fingerprint density at radius 1 is 1.12 bits per heavy atom. The molecule has 1 aromatic heterocycles. The molecular formula is C25H29N5O2S. The van der Waals surface area contributed by atoms with Gasteiger partial charge < -0.3 is 15.2 Å². The van der Waals surface area contributed by atoms with E-state index in [1.54, 1.807) is 12.1 Å². The van der Waals surface area contributed by atoms with Crippen molar-refractivity contribution in [1.82, 2.24) is 25.4 Å². The van der Waals surface area contributed by atoms with Gasteiger partial charge in [-0.05, 0) is 37.5 Å². The molecule has 33 heavy (non-hydrogen) atoms. The third-order valence-electron chi connectivity index (χ3n) is 5.09. The van der Waals surface area contributed by atoms with Crippen molar-refractivity contribution in [3.8, 4) is 0 Å². The molecule has 3 aromatic rings. The van der Waals surface area contributed by atoms with Crippen molar-refractivity contribution >= 4 is 23.6 Å². The van der Waals surface area contributed by atoms with Gasteiger partial charge in [0.25, 0.3) is 5.91 Å². The highest BCUT2D eigenvalue weighted by atomic mass is 32.2. The van der Waals surface area contributed by atoms with Crippen LogP contribution in [0, 0.1) is 6.92 Å². The predicted molar refractivity (Wildman–Crippen MR) is 131 cm³/mol. The van der Waals surface area contributed by atoms with Gasteiger partial charge in [0.2, 0.25) is 5.91 Å². The van der Waals surface area contributed by atoms with Crippen LogP contribution in [0.15, 0.2) is 72.4 Å². The van der Waals surface area contributed by atoms with E-state index in [2.05, 4.69) is 27.4 Å². The van der Waals surface area contributed by atoms with E-state index in [0.717, 1.165) is 12.0 Å². The zero-order chi connectivity index (χ0) is 23.6. The van der Waals surface area contributed by atoms with Crippen LogP contribution in [-0.4, -0.2) is 38.9 Å². The number of nitrogens with zero attached hydrogens (tertiary/aromatic N) is 3. The molecule has 7 nitrogen and oxygen atoms in total. The number of carbonyl (C=O) groups is 2. The van der Waals surface area contributed by atoms with Crippen molar-refractivity contribution in [3.05, 3.63) is 89.8 Å². The largest absolute Gasteiger partial charge is 0.355 e. The number of nitrogens with one attached hydrogen (secondary N) is 2. The highest BCUT2D eigenvalue weighted by molar-refractivity contribution is 7.99. The highest BCUT2D eigenvalue weighted by Gasteiger charge is 2.21. The molecule has 0 fully saturated rings. The number of aromatic nitrogens is 3. The molecule has 0 saturated carbocycles. The van der Waals surface area contributed by atoms with E-state index in [4.69, 9.17) is 0 Å². The fourth-order valence-corrected chi connectivity index (χ4v) is 4.15. The van der Waals surface area contributed by atoms with Crippen molar-refractivity contribution in [2.45, 2.75) is 38.0 Å². The smallest absolute Gasteiger partial charge is 0.252 e. The first-order valence-corrected chi connectivity index (χ1v) is 11.8.